The fourth-order valence-corrected chi connectivity index (χ4v) is 4.33. The third-order valence-electron chi connectivity index (χ3n) is 6.01. The number of carbonyl (C=O) groups is 1. The number of ether oxygens (including phenoxy) is 2. The summed E-state index contributed by atoms with van der Waals surface area (Å²) >= 11 is 0. The van der Waals surface area contributed by atoms with Crippen LogP contribution in [0.1, 0.15) is 23.6 Å². The van der Waals surface area contributed by atoms with Crippen molar-refractivity contribution in [1.29, 1.82) is 0 Å². The number of benzene rings is 2. The first-order valence-corrected chi connectivity index (χ1v) is 10.9. The molecule has 2 heterocycles. The number of anilines is 1. The van der Waals surface area contributed by atoms with Crippen molar-refractivity contribution < 1.29 is 18.7 Å². The van der Waals surface area contributed by atoms with Crippen LogP contribution in [0.15, 0.2) is 42.5 Å². The minimum atomic E-state index is -0.472. The fourth-order valence-electron chi connectivity index (χ4n) is 4.33. The van der Waals surface area contributed by atoms with Crippen LogP contribution in [0.4, 0.5) is 10.1 Å². The summed E-state index contributed by atoms with van der Waals surface area (Å²) in [7, 11) is 2.13. The average molecular weight is 428 g/mol. The monoisotopic (exact) mass is 427 g/mol. The summed E-state index contributed by atoms with van der Waals surface area (Å²) in [5, 5.41) is 2.98. The Balaban J connectivity index is 1.43. The van der Waals surface area contributed by atoms with Crippen LogP contribution in [0.3, 0.4) is 0 Å². The maximum Gasteiger partial charge on any atom is 0.258 e. The van der Waals surface area contributed by atoms with Crippen LogP contribution in [-0.2, 0) is 16.0 Å². The van der Waals surface area contributed by atoms with E-state index in [1.165, 1.54) is 28.9 Å². The molecule has 1 saturated heterocycles. The highest BCUT2D eigenvalue weighted by Crippen LogP contribution is 2.31. The number of hydrogen-bond donors (Lipinski definition) is 1. The predicted octanol–water partition coefficient (Wildman–Crippen LogP) is 2.78. The second-order valence-electron chi connectivity index (χ2n) is 8.10. The lowest BCUT2D eigenvalue weighted by atomic mass is 9.95. The fraction of sp³-hybridized carbons (Fsp3) is 0.458. The van der Waals surface area contributed by atoms with Crippen molar-refractivity contribution in [2.75, 3.05) is 57.9 Å². The second-order valence-corrected chi connectivity index (χ2v) is 8.10. The van der Waals surface area contributed by atoms with Gasteiger partial charge in [-0.25, -0.2) is 4.39 Å². The molecule has 0 radical (unpaired) electrons. The van der Waals surface area contributed by atoms with E-state index in [4.69, 9.17) is 9.47 Å². The Bertz CT molecular complexity index is 901. The van der Waals surface area contributed by atoms with Gasteiger partial charge in [-0.15, -0.1) is 0 Å². The third-order valence-corrected chi connectivity index (χ3v) is 6.01. The summed E-state index contributed by atoms with van der Waals surface area (Å²) < 4.78 is 24.6. The summed E-state index contributed by atoms with van der Waals surface area (Å²) in [5.41, 5.74) is 3.85. The molecule has 1 amide bonds. The van der Waals surface area contributed by atoms with E-state index < -0.39 is 5.82 Å². The molecule has 4 rings (SSSR count). The van der Waals surface area contributed by atoms with Crippen molar-refractivity contribution in [3.8, 4) is 5.75 Å². The van der Waals surface area contributed by atoms with Crippen molar-refractivity contribution in [3.05, 3.63) is 59.4 Å². The lowest BCUT2D eigenvalue weighted by molar-refractivity contribution is -0.123. The van der Waals surface area contributed by atoms with E-state index in [1.54, 1.807) is 12.1 Å². The molecular weight excluding hydrogens is 397 g/mol. The molecule has 2 aromatic rings. The molecule has 1 N–H and O–H groups in total. The van der Waals surface area contributed by atoms with E-state index in [1.807, 2.05) is 0 Å². The molecule has 31 heavy (non-hydrogen) atoms. The highest BCUT2D eigenvalue weighted by molar-refractivity contribution is 5.77. The van der Waals surface area contributed by atoms with Crippen LogP contribution in [0.2, 0.25) is 0 Å². The van der Waals surface area contributed by atoms with Crippen LogP contribution >= 0.6 is 0 Å². The van der Waals surface area contributed by atoms with Gasteiger partial charge in [0.25, 0.3) is 5.91 Å². The van der Waals surface area contributed by atoms with Gasteiger partial charge in [-0.1, -0.05) is 24.3 Å². The molecule has 1 unspecified atom stereocenters. The minimum absolute atomic E-state index is 0.0545. The molecule has 0 spiro atoms. The Morgan fingerprint density at radius 2 is 2.00 bits per heavy atom. The Hall–Kier alpha value is -2.64. The zero-order valence-corrected chi connectivity index (χ0v) is 18.0. The average Bonchev–Trinajstić information content (AvgIpc) is 2.79. The summed E-state index contributed by atoms with van der Waals surface area (Å²) in [6.45, 7) is 4.35. The molecule has 0 aliphatic carbocycles. The molecule has 1 fully saturated rings. The number of nitrogens with one attached hydrogen (secondary N) is 1. The molecular formula is C24H30FN3O3. The van der Waals surface area contributed by atoms with Crippen molar-refractivity contribution in [2.24, 2.45) is 0 Å². The van der Waals surface area contributed by atoms with Gasteiger partial charge in [0.05, 0.1) is 19.3 Å². The zero-order chi connectivity index (χ0) is 21.6. The van der Waals surface area contributed by atoms with Crippen LogP contribution in [0, 0.1) is 5.82 Å². The Kier molecular flexibility index (Phi) is 7.04. The summed E-state index contributed by atoms with van der Waals surface area (Å²) in [4.78, 5) is 17.1. The van der Waals surface area contributed by atoms with Crippen LogP contribution in [-0.4, -0.2) is 63.9 Å². The summed E-state index contributed by atoms with van der Waals surface area (Å²) in [5.74, 6) is -0.652. The molecule has 7 heteroatoms. The number of aryl methyl sites for hydroxylation is 1. The van der Waals surface area contributed by atoms with Crippen molar-refractivity contribution in [2.45, 2.75) is 18.9 Å². The first-order valence-electron chi connectivity index (χ1n) is 10.9. The Morgan fingerprint density at radius 1 is 1.19 bits per heavy atom. The molecule has 2 aliphatic rings. The van der Waals surface area contributed by atoms with Gasteiger partial charge >= 0.3 is 0 Å². The SMILES string of the molecule is CN1CCCc2cc(C(CNC(=O)COc3ccccc3F)N3CCOCC3)ccc21. The van der Waals surface area contributed by atoms with Gasteiger partial charge in [0.2, 0.25) is 0 Å². The minimum Gasteiger partial charge on any atom is -0.481 e. The van der Waals surface area contributed by atoms with Crippen LogP contribution in [0.5, 0.6) is 5.75 Å². The largest absolute Gasteiger partial charge is 0.481 e. The van der Waals surface area contributed by atoms with Gasteiger partial charge < -0.3 is 19.7 Å². The quantitative estimate of drug-likeness (QED) is 0.737. The van der Waals surface area contributed by atoms with Crippen molar-refractivity contribution in [1.82, 2.24) is 10.2 Å². The van der Waals surface area contributed by atoms with Crippen LogP contribution in [0.25, 0.3) is 0 Å². The summed E-state index contributed by atoms with van der Waals surface area (Å²) in [6.07, 6.45) is 2.23. The van der Waals surface area contributed by atoms with E-state index >= 15 is 0 Å². The normalized spacial score (nSPS) is 17.7. The maximum atomic E-state index is 13.7. The smallest absolute Gasteiger partial charge is 0.258 e. The van der Waals surface area contributed by atoms with E-state index in [0.29, 0.717) is 19.8 Å². The topological polar surface area (TPSA) is 54.0 Å². The van der Waals surface area contributed by atoms with E-state index in [0.717, 1.165) is 32.5 Å². The number of hydrogen-bond acceptors (Lipinski definition) is 5. The van der Waals surface area contributed by atoms with Gasteiger partial charge in [0, 0.05) is 38.9 Å². The van der Waals surface area contributed by atoms with E-state index in [9.17, 15) is 9.18 Å². The molecule has 0 bridgehead atoms. The lowest BCUT2D eigenvalue weighted by Gasteiger charge is -2.36. The number of nitrogens with zero attached hydrogens (tertiary/aromatic N) is 2. The van der Waals surface area contributed by atoms with Gasteiger partial charge in [0.15, 0.2) is 18.2 Å². The highest BCUT2D eigenvalue weighted by Gasteiger charge is 2.25. The number of para-hydroxylation sites is 1. The van der Waals surface area contributed by atoms with E-state index in [2.05, 4.69) is 40.4 Å². The lowest BCUT2D eigenvalue weighted by Crippen LogP contribution is -2.44. The third kappa shape index (κ3) is 5.35. The highest BCUT2D eigenvalue weighted by atomic mass is 19.1. The molecule has 2 aliphatic heterocycles. The number of amides is 1. The second kappa shape index (κ2) is 10.1. The van der Waals surface area contributed by atoms with Gasteiger partial charge in [0.1, 0.15) is 0 Å². The van der Waals surface area contributed by atoms with Gasteiger partial charge in [-0.3, -0.25) is 9.69 Å². The van der Waals surface area contributed by atoms with Crippen molar-refractivity contribution >= 4 is 11.6 Å². The number of rotatable bonds is 7. The first-order chi connectivity index (χ1) is 15.1. The van der Waals surface area contributed by atoms with Gasteiger partial charge in [-0.2, -0.15) is 0 Å². The maximum absolute atomic E-state index is 13.7. The van der Waals surface area contributed by atoms with E-state index in [-0.39, 0.29) is 24.3 Å². The number of carbonyl (C=O) groups excluding carboxylic acids is 1. The first kappa shape index (κ1) is 21.6. The molecule has 1 atom stereocenters. The number of fused-ring (bicyclic) bond motifs is 1. The molecule has 6 nitrogen and oxygen atoms in total. The predicted molar refractivity (Wildman–Crippen MR) is 118 cm³/mol. The molecule has 166 valence electrons. The van der Waals surface area contributed by atoms with Gasteiger partial charge in [-0.05, 0) is 42.2 Å². The summed E-state index contributed by atoms with van der Waals surface area (Å²) in [6, 6.07) is 12.8. The van der Waals surface area contributed by atoms with Crippen molar-refractivity contribution in [3.63, 3.8) is 0 Å². The number of morpholine rings is 1. The molecule has 2 aromatic carbocycles. The Labute approximate surface area is 182 Å². The Morgan fingerprint density at radius 3 is 2.81 bits per heavy atom. The van der Waals surface area contributed by atoms with Crippen LogP contribution < -0.4 is 15.0 Å². The molecule has 0 aromatic heterocycles. The standard InChI is InChI=1S/C24H30FN3O3/c1-27-10-4-5-18-15-19(8-9-21(18)27)22(28-11-13-30-14-12-28)16-26-24(29)17-31-23-7-3-2-6-20(23)25/h2-3,6-9,15,22H,4-5,10-14,16-17H2,1H3,(H,26,29). The molecule has 0 saturated carbocycles. The zero-order valence-electron chi connectivity index (χ0n) is 18.0. The number of halogens is 1.